The summed E-state index contributed by atoms with van der Waals surface area (Å²) in [5.41, 5.74) is 6.15. The number of aliphatic hydroxyl groups is 1. The number of nitrogens with one attached hydrogen (secondary N) is 4. The predicted molar refractivity (Wildman–Crippen MR) is 115 cm³/mol. The van der Waals surface area contributed by atoms with E-state index in [9.17, 15) is 29.4 Å². The molecule has 0 saturated heterocycles. The molecule has 0 fully saturated rings. The van der Waals surface area contributed by atoms with E-state index in [1.807, 2.05) is 0 Å². The summed E-state index contributed by atoms with van der Waals surface area (Å²) in [5.74, 6) is -3.95. The van der Waals surface area contributed by atoms with Gasteiger partial charge in [0.15, 0.2) is 0 Å². The van der Waals surface area contributed by atoms with Gasteiger partial charge in [0, 0.05) is 18.3 Å². The van der Waals surface area contributed by atoms with E-state index in [4.69, 9.17) is 5.73 Å². The molecule has 1 heterocycles. The minimum absolute atomic E-state index is 0.0122. The topological polar surface area (TPSA) is 200 Å². The van der Waals surface area contributed by atoms with Gasteiger partial charge >= 0.3 is 5.97 Å². The Balaban J connectivity index is 2.91. The van der Waals surface area contributed by atoms with Crippen molar-refractivity contribution in [3.05, 3.63) is 18.2 Å². The van der Waals surface area contributed by atoms with Crippen molar-refractivity contribution in [3.63, 3.8) is 0 Å². The molecule has 5 atom stereocenters. The number of imidazole rings is 1. The van der Waals surface area contributed by atoms with Crippen molar-refractivity contribution in [2.24, 2.45) is 17.6 Å². The Morgan fingerprint density at radius 2 is 1.47 bits per heavy atom. The van der Waals surface area contributed by atoms with Gasteiger partial charge in [0.2, 0.25) is 17.7 Å². The molecule has 12 nitrogen and oxygen atoms in total. The van der Waals surface area contributed by atoms with Crippen LogP contribution in [0.1, 0.15) is 40.3 Å². The molecule has 180 valence electrons. The predicted octanol–water partition coefficient (Wildman–Crippen LogP) is -1.49. The maximum absolute atomic E-state index is 12.9. The van der Waals surface area contributed by atoms with Crippen LogP contribution in [0.25, 0.3) is 0 Å². The van der Waals surface area contributed by atoms with E-state index in [1.165, 1.54) is 19.4 Å². The number of aliphatic hydroxyl groups excluding tert-OH is 1. The Bertz CT molecular complexity index is 780. The van der Waals surface area contributed by atoms with Crippen LogP contribution in [-0.4, -0.2) is 74.1 Å². The number of rotatable bonds is 12. The van der Waals surface area contributed by atoms with E-state index in [0.29, 0.717) is 5.69 Å². The number of carbonyl (C=O) groups excluding carboxylic acids is 3. The number of carbonyl (C=O) groups is 4. The van der Waals surface area contributed by atoms with Gasteiger partial charge in [-0.05, 0) is 18.8 Å². The Hall–Kier alpha value is -2.99. The van der Waals surface area contributed by atoms with Crippen LogP contribution in [0, 0.1) is 11.8 Å². The number of hydrogen-bond acceptors (Lipinski definition) is 7. The zero-order valence-corrected chi connectivity index (χ0v) is 19.0. The van der Waals surface area contributed by atoms with Crippen LogP contribution in [0.4, 0.5) is 0 Å². The van der Waals surface area contributed by atoms with Gasteiger partial charge in [0.05, 0.1) is 12.4 Å². The van der Waals surface area contributed by atoms with Gasteiger partial charge in [-0.25, -0.2) is 9.78 Å². The van der Waals surface area contributed by atoms with Crippen LogP contribution in [0.2, 0.25) is 0 Å². The number of hydrogen-bond donors (Lipinski definition) is 7. The lowest BCUT2D eigenvalue weighted by Gasteiger charge is -2.28. The van der Waals surface area contributed by atoms with Gasteiger partial charge in [-0.15, -0.1) is 0 Å². The molecule has 0 aliphatic rings. The highest BCUT2D eigenvalue weighted by Crippen LogP contribution is 2.08. The first kappa shape index (κ1) is 27.0. The number of amides is 3. The molecule has 8 N–H and O–H groups in total. The molecule has 32 heavy (non-hydrogen) atoms. The average Bonchev–Trinajstić information content (AvgIpc) is 3.20. The molecule has 1 aromatic rings. The molecule has 0 spiro atoms. The molecule has 12 heteroatoms. The second kappa shape index (κ2) is 12.2. The minimum atomic E-state index is -1.23. The number of aliphatic carboxylic acids is 1. The lowest BCUT2D eigenvalue weighted by molar-refractivity contribution is -0.142. The van der Waals surface area contributed by atoms with Crippen LogP contribution in [0.5, 0.6) is 0 Å². The van der Waals surface area contributed by atoms with Gasteiger partial charge in [-0.3, -0.25) is 14.4 Å². The first-order valence-corrected chi connectivity index (χ1v) is 10.4. The molecule has 0 aromatic carbocycles. The molecular weight excluding hydrogens is 420 g/mol. The highest BCUT2D eigenvalue weighted by Gasteiger charge is 2.33. The summed E-state index contributed by atoms with van der Waals surface area (Å²) >= 11 is 0. The maximum atomic E-state index is 12.9. The molecule has 0 aliphatic carbocycles. The molecule has 0 saturated carbocycles. The third-order valence-corrected chi connectivity index (χ3v) is 4.91. The quantitative estimate of drug-likeness (QED) is 0.198. The summed E-state index contributed by atoms with van der Waals surface area (Å²) in [6.45, 7) is 8.15. The fraction of sp³-hybridized carbons (Fsp3) is 0.650. The number of carboxylic acids is 1. The zero-order chi connectivity index (χ0) is 24.6. The van der Waals surface area contributed by atoms with E-state index < -0.39 is 54.0 Å². The second-order valence-electron chi connectivity index (χ2n) is 8.41. The Kier molecular flexibility index (Phi) is 10.3. The van der Waals surface area contributed by atoms with E-state index in [-0.39, 0.29) is 18.3 Å². The zero-order valence-electron chi connectivity index (χ0n) is 19.0. The molecule has 0 aliphatic heterocycles. The van der Waals surface area contributed by atoms with Crippen molar-refractivity contribution in [2.75, 3.05) is 0 Å². The van der Waals surface area contributed by atoms with Crippen molar-refractivity contribution in [3.8, 4) is 0 Å². The molecular formula is C20H34N6O6. The van der Waals surface area contributed by atoms with E-state index in [2.05, 4.69) is 25.9 Å². The van der Waals surface area contributed by atoms with Gasteiger partial charge in [0.25, 0.3) is 0 Å². The van der Waals surface area contributed by atoms with Crippen LogP contribution >= 0.6 is 0 Å². The highest BCUT2D eigenvalue weighted by atomic mass is 16.4. The molecule has 3 amide bonds. The normalized spacial score (nSPS) is 16.0. The van der Waals surface area contributed by atoms with Crippen molar-refractivity contribution >= 4 is 23.7 Å². The monoisotopic (exact) mass is 454 g/mol. The van der Waals surface area contributed by atoms with Crippen molar-refractivity contribution in [2.45, 2.75) is 71.3 Å². The van der Waals surface area contributed by atoms with E-state index >= 15 is 0 Å². The summed E-state index contributed by atoms with van der Waals surface area (Å²) in [7, 11) is 0. The van der Waals surface area contributed by atoms with Gasteiger partial charge in [-0.2, -0.15) is 0 Å². The standard InChI is InChI=1S/C20H34N6O6/c1-9(2)15(18(29)24-13(20(31)32)6-12-7-22-8-23-12)26-19(30)16(10(3)4)25-17(28)14(21)11(5)27/h7-11,13-16,27H,6,21H2,1-5H3,(H,22,23)(H,24,29)(H,25,28)(H,26,30)(H,31,32). The van der Waals surface area contributed by atoms with Crippen LogP contribution < -0.4 is 21.7 Å². The number of nitrogens with two attached hydrogens (primary N) is 1. The first-order chi connectivity index (χ1) is 14.8. The Labute approximate surface area is 186 Å². The van der Waals surface area contributed by atoms with E-state index in [0.717, 1.165) is 0 Å². The highest BCUT2D eigenvalue weighted by molar-refractivity contribution is 5.94. The van der Waals surface area contributed by atoms with Crippen molar-refractivity contribution < 1.29 is 29.4 Å². The fourth-order valence-electron chi connectivity index (χ4n) is 2.86. The number of aromatic amines is 1. The summed E-state index contributed by atoms with van der Waals surface area (Å²) in [5, 5.41) is 26.5. The summed E-state index contributed by atoms with van der Waals surface area (Å²) in [6, 6.07) is -4.51. The van der Waals surface area contributed by atoms with E-state index in [1.54, 1.807) is 27.7 Å². The van der Waals surface area contributed by atoms with Gasteiger partial charge in [0.1, 0.15) is 24.2 Å². The summed E-state index contributed by atoms with van der Waals surface area (Å²) < 4.78 is 0. The van der Waals surface area contributed by atoms with Gasteiger partial charge in [-0.1, -0.05) is 27.7 Å². The lowest BCUT2D eigenvalue weighted by Crippen LogP contribution is -2.60. The minimum Gasteiger partial charge on any atom is -0.480 e. The average molecular weight is 455 g/mol. The largest absolute Gasteiger partial charge is 0.480 e. The third-order valence-electron chi connectivity index (χ3n) is 4.91. The lowest BCUT2D eigenvalue weighted by atomic mass is 9.98. The molecule has 5 unspecified atom stereocenters. The molecule has 0 bridgehead atoms. The van der Waals surface area contributed by atoms with Gasteiger partial charge < -0.3 is 36.9 Å². The molecule has 1 aromatic heterocycles. The molecule has 0 radical (unpaired) electrons. The Morgan fingerprint density at radius 3 is 1.88 bits per heavy atom. The number of aromatic nitrogens is 2. The number of nitrogens with zero attached hydrogens (tertiary/aromatic N) is 1. The summed E-state index contributed by atoms with van der Waals surface area (Å²) in [6.07, 6.45) is 1.74. The smallest absolute Gasteiger partial charge is 0.326 e. The maximum Gasteiger partial charge on any atom is 0.326 e. The second-order valence-corrected chi connectivity index (χ2v) is 8.41. The summed E-state index contributed by atoms with van der Waals surface area (Å²) in [4.78, 5) is 56.1. The van der Waals surface area contributed by atoms with Crippen molar-refractivity contribution in [1.29, 1.82) is 0 Å². The third kappa shape index (κ3) is 7.93. The van der Waals surface area contributed by atoms with Crippen LogP contribution in [0.15, 0.2) is 12.5 Å². The fourth-order valence-corrected chi connectivity index (χ4v) is 2.86. The number of carboxylic acid groups (broad SMARTS) is 1. The first-order valence-electron chi connectivity index (χ1n) is 10.4. The van der Waals surface area contributed by atoms with Crippen LogP contribution in [0.3, 0.4) is 0 Å². The molecule has 1 rings (SSSR count). The SMILES string of the molecule is CC(C)C(NC(=O)C(N)C(C)O)C(=O)NC(C(=O)NC(Cc1cnc[nH]1)C(=O)O)C(C)C. The van der Waals surface area contributed by atoms with Crippen molar-refractivity contribution in [1.82, 2.24) is 25.9 Å². The Morgan fingerprint density at radius 1 is 0.969 bits per heavy atom. The van der Waals surface area contributed by atoms with Crippen LogP contribution in [-0.2, 0) is 25.6 Å². The number of H-pyrrole nitrogens is 1.